The first kappa shape index (κ1) is 14.5. The second-order valence-electron chi connectivity index (χ2n) is 4.66. The third kappa shape index (κ3) is 3.57. The number of hydrogen-bond donors (Lipinski definition) is 2. The summed E-state index contributed by atoms with van der Waals surface area (Å²) in [6, 6.07) is 3.96. The van der Waals surface area contributed by atoms with Gasteiger partial charge in [0.05, 0.1) is 16.9 Å². The van der Waals surface area contributed by atoms with Gasteiger partial charge in [0.25, 0.3) is 0 Å². The first-order valence-electron chi connectivity index (χ1n) is 6.57. The van der Waals surface area contributed by atoms with E-state index in [1.165, 1.54) is 0 Å². The van der Waals surface area contributed by atoms with Crippen LogP contribution in [0.1, 0.15) is 24.5 Å². The largest absolute Gasteiger partial charge is 0.369 e. The molecule has 0 aliphatic rings. The van der Waals surface area contributed by atoms with E-state index >= 15 is 0 Å². The summed E-state index contributed by atoms with van der Waals surface area (Å²) in [5.74, 6) is 1.13. The predicted octanol–water partition coefficient (Wildman–Crippen LogP) is 3.71. The number of nitrogens with one attached hydrogen (secondary N) is 2. The van der Waals surface area contributed by atoms with Crippen molar-refractivity contribution in [3.05, 3.63) is 34.5 Å². The fourth-order valence-corrected chi connectivity index (χ4v) is 2.25. The highest BCUT2D eigenvalue weighted by atomic mass is 35.5. The normalized spacial score (nSPS) is 10.4. The van der Waals surface area contributed by atoms with Crippen molar-refractivity contribution < 1.29 is 0 Å². The van der Waals surface area contributed by atoms with Crippen LogP contribution >= 0.6 is 11.6 Å². The predicted molar refractivity (Wildman–Crippen MR) is 82.8 cm³/mol. The van der Waals surface area contributed by atoms with Crippen molar-refractivity contribution in [2.24, 2.45) is 0 Å². The fourth-order valence-electron chi connectivity index (χ4n) is 1.88. The molecule has 0 amide bonds. The summed E-state index contributed by atoms with van der Waals surface area (Å²) >= 11 is 6.25. The van der Waals surface area contributed by atoms with Gasteiger partial charge in [-0.2, -0.15) is 10.1 Å². The van der Waals surface area contributed by atoms with Gasteiger partial charge in [-0.15, -0.1) is 5.10 Å². The van der Waals surface area contributed by atoms with E-state index in [0.29, 0.717) is 16.8 Å². The first-order valence-corrected chi connectivity index (χ1v) is 6.95. The van der Waals surface area contributed by atoms with Gasteiger partial charge < -0.3 is 10.6 Å². The summed E-state index contributed by atoms with van der Waals surface area (Å²) in [7, 11) is 0. The summed E-state index contributed by atoms with van der Waals surface area (Å²) in [5, 5.41) is 14.9. The highest BCUT2D eigenvalue weighted by Crippen LogP contribution is 2.29. The molecule has 2 aromatic rings. The number of aromatic nitrogens is 3. The van der Waals surface area contributed by atoms with Crippen molar-refractivity contribution >= 4 is 29.1 Å². The molecule has 106 valence electrons. The lowest BCUT2D eigenvalue weighted by molar-refractivity contribution is 0.935. The minimum absolute atomic E-state index is 0.431. The van der Waals surface area contributed by atoms with E-state index < -0.39 is 0 Å². The van der Waals surface area contributed by atoms with Gasteiger partial charge in [-0.1, -0.05) is 24.6 Å². The molecule has 0 saturated carbocycles. The van der Waals surface area contributed by atoms with E-state index in [9.17, 15) is 0 Å². The van der Waals surface area contributed by atoms with E-state index in [0.717, 1.165) is 29.8 Å². The third-order valence-electron chi connectivity index (χ3n) is 2.78. The van der Waals surface area contributed by atoms with Gasteiger partial charge in [0.1, 0.15) is 0 Å². The maximum absolute atomic E-state index is 6.25. The Morgan fingerprint density at radius 2 is 2.05 bits per heavy atom. The van der Waals surface area contributed by atoms with Crippen molar-refractivity contribution in [1.82, 2.24) is 15.2 Å². The maximum atomic E-state index is 6.25. The summed E-state index contributed by atoms with van der Waals surface area (Å²) in [6.07, 6.45) is 2.63. The summed E-state index contributed by atoms with van der Waals surface area (Å²) in [5.41, 5.74) is 2.98. The molecule has 1 heterocycles. The Hall–Kier alpha value is -1.88. The topological polar surface area (TPSA) is 62.7 Å². The Kier molecular flexibility index (Phi) is 4.74. The Bertz CT molecular complexity index is 577. The number of hydrogen-bond acceptors (Lipinski definition) is 5. The molecule has 0 fully saturated rings. The lowest BCUT2D eigenvalue weighted by Crippen LogP contribution is -2.06. The molecule has 0 aliphatic carbocycles. The molecule has 0 radical (unpaired) electrons. The smallest absolute Gasteiger partial charge is 0.249 e. The van der Waals surface area contributed by atoms with Crippen LogP contribution in [0.15, 0.2) is 18.3 Å². The van der Waals surface area contributed by atoms with Crippen LogP contribution < -0.4 is 10.6 Å². The summed E-state index contributed by atoms with van der Waals surface area (Å²) in [6.45, 7) is 6.95. The van der Waals surface area contributed by atoms with E-state index in [1.807, 2.05) is 19.9 Å². The number of aryl methyl sites for hydroxylation is 2. The van der Waals surface area contributed by atoms with E-state index in [2.05, 4.69) is 38.8 Å². The number of benzene rings is 1. The van der Waals surface area contributed by atoms with Crippen LogP contribution in [0.25, 0.3) is 0 Å². The van der Waals surface area contributed by atoms with Crippen molar-refractivity contribution in [3.63, 3.8) is 0 Å². The van der Waals surface area contributed by atoms with Gasteiger partial charge in [-0.3, -0.25) is 0 Å². The molecule has 0 atom stereocenters. The zero-order chi connectivity index (χ0) is 14.5. The molecule has 5 nitrogen and oxygen atoms in total. The molecule has 1 aromatic heterocycles. The number of nitrogens with zero attached hydrogens (tertiary/aromatic N) is 3. The summed E-state index contributed by atoms with van der Waals surface area (Å²) < 4.78 is 0. The molecule has 2 N–H and O–H groups in total. The Morgan fingerprint density at radius 3 is 2.75 bits per heavy atom. The lowest BCUT2D eigenvalue weighted by Gasteiger charge is -2.11. The molecule has 1 aromatic carbocycles. The molecular formula is C14H18ClN5. The Balaban J connectivity index is 2.22. The van der Waals surface area contributed by atoms with Crippen molar-refractivity contribution in [1.29, 1.82) is 0 Å². The molecule has 20 heavy (non-hydrogen) atoms. The zero-order valence-electron chi connectivity index (χ0n) is 11.9. The number of halogens is 1. The molecule has 0 saturated heterocycles. The van der Waals surface area contributed by atoms with Crippen LogP contribution in [0, 0.1) is 13.8 Å². The van der Waals surface area contributed by atoms with Gasteiger partial charge in [0.2, 0.25) is 5.95 Å². The van der Waals surface area contributed by atoms with Gasteiger partial charge in [0.15, 0.2) is 5.82 Å². The maximum Gasteiger partial charge on any atom is 0.249 e. The zero-order valence-corrected chi connectivity index (χ0v) is 12.6. The molecular weight excluding hydrogens is 274 g/mol. The Labute approximate surface area is 123 Å². The molecule has 0 aliphatic heterocycles. The monoisotopic (exact) mass is 291 g/mol. The van der Waals surface area contributed by atoms with Crippen LogP contribution in [-0.4, -0.2) is 21.7 Å². The summed E-state index contributed by atoms with van der Waals surface area (Å²) in [4.78, 5) is 4.36. The number of rotatable bonds is 5. The van der Waals surface area contributed by atoms with Crippen molar-refractivity contribution in [2.75, 3.05) is 17.2 Å². The van der Waals surface area contributed by atoms with Crippen molar-refractivity contribution in [2.45, 2.75) is 27.2 Å². The van der Waals surface area contributed by atoms with Gasteiger partial charge in [0, 0.05) is 6.54 Å². The molecule has 0 bridgehead atoms. The SMILES string of the molecule is CCCNc1cnnc(Nc2c(C)cc(C)cc2Cl)n1. The first-order chi connectivity index (χ1) is 9.60. The van der Waals surface area contributed by atoms with E-state index in [4.69, 9.17) is 11.6 Å². The van der Waals surface area contributed by atoms with Crippen molar-refractivity contribution in [3.8, 4) is 0 Å². The number of anilines is 3. The highest BCUT2D eigenvalue weighted by Gasteiger charge is 2.08. The van der Waals surface area contributed by atoms with Gasteiger partial charge in [-0.25, -0.2) is 0 Å². The minimum Gasteiger partial charge on any atom is -0.369 e. The average molecular weight is 292 g/mol. The lowest BCUT2D eigenvalue weighted by atomic mass is 10.1. The molecule has 0 unspecified atom stereocenters. The highest BCUT2D eigenvalue weighted by molar-refractivity contribution is 6.33. The molecule has 0 spiro atoms. The van der Waals surface area contributed by atoms with Crippen LogP contribution in [0.4, 0.5) is 17.5 Å². The third-order valence-corrected chi connectivity index (χ3v) is 3.08. The second kappa shape index (κ2) is 6.52. The van der Waals surface area contributed by atoms with Gasteiger partial charge >= 0.3 is 0 Å². The second-order valence-corrected chi connectivity index (χ2v) is 5.06. The fraction of sp³-hybridized carbons (Fsp3) is 0.357. The Morgan fingerprint density at radius 1 is 1.25 bits per heavy atom. The molecule has 6 heteroatoms. The van der Waals surface area contributed by atoms with Gasteiger partial charge in [-0.05, 0) is 37.5 Å². The van der Waals surface area contributed by atoms with Crippen LogP contribution in [0.5, 0.6) is 0 Å². The standard InChI is InChI=1S/C14H18ClN5/c1-4-5-16-12-8-17-20-14(18-12)19-13-10(3)6-9(2)7-11(13)15/h6-8H,4-5H2,1-3H3,(H2,16,18,19,20). The van der Waals surface area contributed by atoms with Crippen LogP contribution in [0.3, 0.4) is 0 Å². The quantitative estimate of drug-likeness (QED) is 0.879. The molecule has 2 rings (SSSR count). The van der Waals surface area contributed by atoms with E-state index in [-0.39, 0.29) is 0 Å². The minimum atomic E-state index is 0.431. The van der Waals surface area contributed by atoms with E-state index in [1.54, 1.807) is 6.20 Å². The average Bonchev–Trinajstić information content (AvgIpc) is 2.41. The van der Waals surface area contributed by atoms with Crippen LogP contribution in [0.2, 0.25) is 5.02 Å². The van der Waals surface area contributed by atoms with Crippen LogP contribution in [-0.2, 0) is 0 Å².